The SMILES string of the molecule is O=C(Nc1ccc(Cl)cc1)N1CCN(C[C@@H]2CCCO2)CC1. The van der Waals surface area contributed by atoms with Gasteiger partial charge in [0.15, 0.2) is 0 Å². The molecule has 0 spiro atoms. The summed E-state index contributed by atoms with van der Waals surface area (Å²) >= 11 is 5.84. The summed E-state index contributed by atoms with van der Waals surface area (Å²) in [5.41, 5.74) is 0.774. The minimum absolute atomic E-state index is 0.0425. The van der Waals surface area contributed by atoms with Crippen LogP contribution in [0.15, 0.2) is 24.3 Å². The van der Waals surface area contributed by atoms with Gasteiger partial charge < -0.3 is 15.0 Å². The maximum Gasteiger partial charge on any atom is 0.321 e. The largest absolute Gasteiger partial charge is 0.377 e. The molecule has 1 atom stereocenters. The van der Waals surface area contributed by atoms with Gasteiger partial charge in [-0.05, 0) is 37.1 Å². The summed E-state index contributed by atoms with van der Waals surface area (Å²) in [4.78, 5) is 16.5. The van der Waals surface area contributed by atoms with E-state index in [1.54, 1.807) is 12.1 Å². The van der Waals surface area contributed by atoms with Gasteiger partial charge in [0.1, 0.15) is 0 Å². The van der Waals surface area contributed by atoms with Crippen LogP contribution in [0, 0.1) is 0 Å². The fraction of sp³-hybridized carbons (Fsp3) is 0.562. The molecule has 0 aliphatic carbocycles. The summed E-state index contributed by atoms with van der Waals surface area (Å²) < 4.78 is 5.67. The first kappa shape index (κ1) is 15.6. The molecule has 2 amide bonds. The first-order chi connectivity index (χ1) is 10.7. The lowest BCUT2D eigenvalue weighted by atomic mass is 10.2. The molecule has 3 rings (SSSR count). The topological polar surface area (TPSA) is 44.8 Å². The van der Waals surface area contributed by atoms with E-state index < -0.39 is 0 Å². The summed E-state index contributed by atoms with van der Waals surface area (Å²) in [6.07, 6.45) is 2.72. The lowest BCUT2D eigenvalue weighted by molar-refractivity contribution is 0.0572. The first-order valence-corrected chi connectivity index (χ1v) is 8.24. The number of hydrogen-bond acceptors (Lipinski definition) is 3. The Hall–Kier alpha value is -1.30. The molecule has 2 fully saturated rings. The van der Waals surface area contributed by atoms with Crippen LogP contribution in [0.25, 0.3) is 0 Å². The molecule has 2 heterocycles. The van der Waals surface area contributed by atoms with Crippen molar-refractivity contribution in [2.75, 3.05) is 44.6 Å². The van der Waals surface area contributed by atoms with Crippen LogP contribution in [0.5, 0.6) is 0 Å². The van der Waals surface area contributed by atoms with Crippen molar-refractivity contribution in [2.45, 2.75) is 18.9 Å². The third-order valence-electron chi connectivity index (χ3n) is 4.24. The number of anilines is 1. The number of ether oxygens (including phenoxy) is 1. The molecule has 0 unspecified atom stereocenters. The van der Waals surface area contributed by atoms with E-state index in [1.807, 2.05) is 17.0 Å². The zero-order valence-corrected chi connectivity index (χ0v) is 13.4. The molecule has 1 N–H and O–H groups in total. The molecule has 1 aromatic rings. The first-order valence-electron chi connectivity index (χ1n) is 7.86. The third-order valence-corrected chi connectivity index (χ3v) is 4.49. The highest BCUT2D eigenvalue weighted by Crippen LogP contribution is 2.16. The molecule has 5 nitrogen and oxygen atoms in total. The highest BCUT2D eigenvalue weighted by molar-refractivity contribution is 6.30. The van der Waals surface area contributed by atoms with Crippen molar-refractivity contribution in [1.29, 1.82) is 0 Å². The van der Waals surface area contributed by atoms with Crippen molar-refractivity contribution in [1.82, 2.24) is 9.80 Å². The van der Waals surface area contributed by atoms with Crippen molar-refractivity contribution < 1.29 is 9.53 Å². The van der Waals surface area contributed by atoms with Gasteiger partial charge >= 0.3 is 6.03 Å². The number of benzene rings is 1. The van der Waals surface area contributed by atoms with Gasteiger partial charge in [-0.1, -0.05) is 11.6 Å². The second-order valence-electron chi connectivity index (χ2n) is 5.86. The number of halogens is 1. The van der Waals surface area contributed by atoms with Gasteiger partial charge in [0.25, 0.3) is 0 Å². The predicted molar refractivity (Wildman–Crippen MR) is 87.5 cm³/mol. The van der Waals surface area contributed by atoms with Gasteiger partial charge in [-0.3, -0.25) is 4.90 Å². The molecule has 2 aliphatic heterocycles. The Kier molecular flexibility index (Phi) is 5.18. The average Bonchev–Trinajstić information content (AvgIpc) is 3.03. The van der Waals surface area contributed by atoms with Crippen LogP contribution >= 0.6 is 11.6 Å². The summed E-state index contributed by atoms with van der Waals surface area (Å²) in [5, 5.41) is 3.58. The highest BCUT2D eigenvalue weighted by Gasteiger charge is 2.24. The molecule has 6 heteroatoms. The monoisotopic (exact) mass is 323 g/mol. The lowest BCUT2D eigenvalue weighted by Crippen LogP contribution is -2.51. The van der Waals surface area contributed by atoms with Gasteiger partial charge in [0, 0.05) is 50.0 Å². The molecule has 0 saturated carbocycles. The van der Waals surface area contributed by atoms with Crippen LogP contribution < -0.4 is 5.32 Å². The van der Waals surface area contributed by atoms with Gasteiger partial charge in [0.2, 0.25) is 0 Å². The van der Waals surface area contributed by atoms with E-state index in [4.69, 9.17) is 16.3 Å². The number of carbonyl (C=O) groups excluding carboxylic acids is 1. The minimum atomic E-state index is -0.0425. The van der Waals surface area contributed by atoms with Crippen molar-refractivity contribution in [3.63, 3.8) is 0 Å². The molecule has 22 heavy (non-hydrogen) atoms. The van der Waals surface area contributed by atoms with E-state index in [2.05, 4.69) is 10.2 Å². The van der Waals surface area contributed by atoms with Crippen LogP contribution in [-0.4, -0.2) is 61.3 Å². The van der Waals surface area contributed by atoms with E-state index in [9.17, 15) is 4.79 Å². The van der Waals surface area contributed by atoms with E-state index in [0.717, 1.165) is 51.4 Å². The normalized spacial score (nSPS) is 22.8. The predicted octanol–water partition coefficient (Wildman–Crippen LogP) is 2.67. The van der Waals surface area contributed by atoms with E-state index in [1.165, 1.54) is 6.42 Å². The molecule has 2 saturated heterocycles. The fourth-order valence-corrected chi connectivity index (χ4v) is 3.07. The number of urea groups is 1. The Balaban J connectivity index is 1.44. The van der Waals surface area contributed by atoms with Crippen molar-refractivity contribution >= 4 is 23.3 Å². The van der Waals surface area contributed by atoms with Gasteiger partial charge in [0.05, 0.1) is 6.10 Å². The molecule has 0 aromatic heterocycles. The Bertz CT molecular complexity index is 495. The number of rotatable bonds is 3. The van der Waals surface area contributed by atoms with Crippen LogP contribution in [0.1, 0.15) is 12.8 Å². The molecule has 1 aromatic carbocycles. The van der Waals surface area contributed by atoms with Crippen molar-refractivity contribution in [3.05, 3.63) is 29.3 Å². The van der Waals surface area contributed by atoms with Crippen LogP contribution in [-0.2, 0) is 4.74 Å². The van der Waals surface area contributed by atoms with Crippen molar-refractivity contribution in [3.8, 4) is 0 Å². The van der Waals surface area contributed by atoms with E-state index in [-0.39, 0.29) is 6.03 Å². The van der Waals surface area contributed by atoms with E-state index >= 15 is 0 Å². The maximum atomic E-state index is 12.2. The summed E-state index contributed by atoms with van der Waals surface area (Å²) in [7, 11) is 0. The number of hydrogen-bond donors (Lipinski definition) is 1. The number of piperazine rings is 1. The van der Waals surface area contributed by atoms with Gasteiger partial charge in [-0.15, -0.1) is 0 Å². The Labute approximate surface area is 136 Å². The zero-order valence-electron chi connectivity index (χ0n) is 12.6. The highest BCUT2D eigenvalue weighted by atomic mass is 35.5. The Morgan fingerprint density at radius 1 is 1.23 bits per heavy atom. The third kappa shape index (κ3) is 4.12. The number of nitrogens with one attached hydrogen (secondary N) is 1. The van der Waals surface area contributed by atoms with Crippen LogP contribution in [0.2, 0.25) is 5.02 Å². The summed E-state index contributed by atoms with van der Waals surface area (Å²) in [6, 6.07) is 7.13. The number of amides is 2. The maximum absolute atomic E-state index is 12.2. The Morgan fingerprint density at radius 2 is 1.95 bits per heavy atom. The molecular weight excluding hydrogens is 302 g/mol. The van der Waals surface area contributed by atoms with E-state index in [0.29, 0.717) is 11.1 Å². The second-order valence-corrected chi connectivity index (χ2v) is 6.30. The van der Waals surface area contributed by atoms with Gasteiger partial charge in [-0.25, -0.2) is 4.79 Å². The molecular formula is C16H22ClN3O2. The fourth-order valence-electron chi connectivity index (χ4n) is 2.95. The Morgan fingerprint density at radius 3 is 2.59 bits per heavy atom. The lowest BCUT2D eigenvalue weighted by Gasteiger charge is -2.35. The standard InChI is InChI=1S/C16H22ClN3O2/c17-13-3-5-14(6-4-13)18-16(21)20-9-7-19(8-10-20)12-15-2-1-11-22-15/h3-6,15H,1-2,7-12H2,(H,18,21)/t15-/m0/s1. The van der Waals surface area contributed by atoms with Crippen LogP contribution in [0.3, 0.4) is 0 Å². The van der Waals surface area contributed by atoms with Crippen LogP contribution in [0.4, 0.5) is 10.5 Å². The molecule has 2 aliphatic rings. The molecule has 0 bridgehead atoms. The minimum Gasteiger partial charge on any atom is -0.377 e. The molecule has 0 radical (unpaired) electrons. The summed E-state index contributed by atoms with van der Waals surface area (Å²) in [5.74, 6) is 0. The average molecular weight is 324 g/mol. The molecule has 120 valence electrons. The van der Waals surface area contributed by atoms with Crippen molar-refractivity contribution in [2.24, 2.45) is 0 Å². The quantitative estimate of drug-likeness (QED) is 0.930. The van der Waals surface area contributed by atoms with Gasteiger partial charge in [-0.2, -0.15) is 0 Å². The summed E-state index contributed by atoms with van der Waals surface area (Å²) in [6.45, 7) is 5.22. The second kappa shape index (κ2) is 7.31. The number of nitrogens with zero attached hydrogens (tertiary/aromatic N) is 2. The number of carbonyl (C=O) groups is 1. The zero-order chi connectivity index (χ0) is 15.4. The smallest absolute Gasteiger partial charge is 0.321 e.